The first-order valence-corrected chi connectivity index (χ1v) is 9.82. The van der Waals surface area contributed by atoms with Crippen molar-refractivity contribution in [1.82, 2.24) is 9.88 Å². The predicted octanol–water partition coefficient (Wildman–Crippen LogP) is 3.82. The summed E-state index contributed by atoms with van der Waals surface area (Å²) in [7, 11) is 3.04. The molecule has 0 spiro atoms. The lowest BCUT2D eigenvalue weighted by Crippen LogP contribution is -2.47. The van der Waals surface area contributed by atoms with E-state index in [4.69, 9.17) is 9.47 Å². The van der Waals surface area contributed by atoms with Crippen molar-refractivity contribution in [3.05, 3.63) is 47.4 Å². The van der Waals surface area contributed by atoms with E-state index in [9.17, 15) is 4.79 Å². The molecule has 27 heavy (non-hydrogen) atoms. The number of rotatable bonds is 4. The van der Waals surface area contributed by atoms with Crippen LogP contribution in [0.5, 0.6) is 0 Å². The first kappa shape index (κ1) is 18.1. The van der Waals surface area contributed by atoms with Crippen molar-refractivity contribution in [2.45, 2.75) is 32.2 Å². The van der Waals surface area contributed by atoms with E-state index in [-0.39, 0.29) is 11.9 Å². The van der Waals surface area contributed by atoms with Gasteiger partial charge < -0.3 is 14.5 Å². The van der Waals surface area contributed by atoms with Gasteiger partial charge in [-0.1, -0.05) is 31.5 Å². The van der Waals surface area contributed by atoms with E-state index in [1.165, 1.54) is 29.3 Å². The number of methoxy groups -OCH3 is 2. The number of aromatic nitrogens is 1. The zero-order chi connectivity index (χ0) is 19.0. The zero-order valence-electron chi connectivity index (χ0n) is 16.3. The third kappa shape index (κ3) is 3.04. The maximum absolute atomic E-state index is 12.4. The molecule has 1 fully saturated rings. The van der Waals surface area contributed by atoms with Crippen molar-refractivity contribution in [2.24, 2.45) is 11.8 Å². The van der Waals surface area contributed by atoms with E-state index < -0.39 is 0 Å². The van der Waals surface area contributed by atoms with Crippen molar-refractivity contribution >= 4 is 16.9 Å². The fourth-order valence-electron chi connectivity index (χ4n) is 5.04. The third-order valence-electron chi connectivity index (χ3n) is 6.37. The highest BCUT2D eigenvalue weighted by atomic mass is 16.5. The molecule has 4 rings (SSSR count). The normalized spacial score (nSPS) is 25.7. The Morgan fingerprint density at radius 1 is 1.33 bits per heavy atom. The molecule has 5 nitrogen and oxygen atoms in total. The fraction of sp³-hybridized carbons (Fsp3) is 0.500. The molecule has 0 aliphatic carbocycles. The Balaban J connectivity index is 1.73. The Kier molecular flexibility index (Phi) is 4.96. The molecule has 144 valence electrons. The van der Waals surface area contributed by atoms with Gasteiger partial charge in [-0.25, -0.2) is 4.79 Å². The Hall–Kier alpha value is -2.27. The number of aromatic amines is 1. The monoisotopic (exact) mass is 368 g/mol. The van der Waals surface area contributed by atoms with Crippen LogP contribution in [-0.2, 0) is 20.7 Å². The van der Waals surface area contributed by atoms with Crippen molar-refractivity contribution < 1.29 is 14.3 Å². The summed E-state index contributed by atoms with van der Waals surface area (Å²) in [6.07, 6.45) is 4.60. The summed E-state index contributed by atoms with van der Waals surface area (Å²) in [6, 6.07) is 8.85. The third-order valence-corrected chi connectivity index (χ3v) is 6.37. The Bertz CT molecular complexity index is 870. The van der Waals surface area contributed by atoms with Gasteiger partial charge in [-0.05, 0) is 36.3 Å². The van der Waals surface area contributed by atoms with Crippen LogP contribution in [-0.4, -0.2) is 43.2 Å². The second-order valence-electron chi connectivity index (χ2n) is 7.63. The molecule has 3 heterocycles. The summed E-state index contributed by atoms with van der Waals surface area (Å²) in [5.74, 6) is 0.287. The topological polar surface area (TPSA) is 54.6 Å². The largest absolute Gasteiger partial charge is 0.504 e. The number of piperidine rings is 1. The fourth-order valence-corrected chi connectivity index (χ4v) is 5.04. The van der Waals surface area contributed by atoms with Gasteiger partial charge in [0.2, 0.25) is 0 Å². The molecule has 0 amide bonds. The van der Waals surface area contributed by atoms with Crippen LogP contribution in [0.2, 0.25) is 0 Å². The molecular formula is C22H28N2O3. The van der Waals surface area contributed by atoms with Crippen molar-refractivity contribution in [3.8, 4) is 0 Å². The van der Waals surface area contributed by atoms with Crippen LogP contribution in [0.15, 0.2) is 36.1 Å². The molecule has 2 aliphatic rings. The lowest BCUT2D eigenvalue weighted by atomic mass is 9.74. The van der Waals surface area contributed by atoms with Crippen molar-refractivity contribution in [3.63, 3.8) is 0 Å². The number of fused-ring (bicyclic) bond motifs is 5. The minimum atomic E-state index is -0.276. The molecule has 2 aliphatic heterocycles. The van der Waals surface area contributed by atoms with Gasteiger partial charge in [-0.15, -0.1) is 0 Å². The number of ether oxygens (including phenoxy) is 2. The van der Waals surface area contributed by atoms with Gasteiger partial charge in [0.25, 0.3) is 0 Å². The van der Waals surface area contributed by atoms with E-state index in [1.54, 1.807) is 13.4 Å². The van der Waals surface area contributed by atoms with Crippen molar-refractivity contribution in [2.75, 3.05) is 27.3 Å². The number of hydrogen-bond acceptors (Lipinski definition) is 4. The van der Waals surface area contributed by atoms with Crippen LogP contribution in [0.25, 0.3) is 10.9 Å². The molecule has 1 N–H and O–H groups in total. The molecule has 1 saturated heterocycles. The summed E-state index contributed by atoms with van der Waals surface area (Å²) >= 11 is 0. The predicted molar refractivity (Wildman–Crippen MR) is 105 cm³/mol. The Morgan fingerprint density at radius 3 is 2.89 bits per heavy atom. The summed E-state index contributed by atoms with van der Waals surface area (Å²) in [6.45, 7) is 4.28. The van der Waals surface area contributed by atoms with Crippen molar-refractivity contribution in [1.29, 1.82) is 0 Å². The molecular weight excluding hydrogens is 340 g/mol. The molecule has 2 aromatic rings. The highest BCUT2D eigenvalue weighted by molar-refractivity contribution is 5.89. The molecule has 3 atom stereocenters. The number of carbonyl (C=O) groups is 1. The zero-order valence-corrected chi connectivity index (χ0v) is 16.3. The van der Waals surface area contributed by atoms with Crippen LogP contribution in [0.3, 0.4) is 0 Å². The second-order valence-corrected chi connectivity index (χ2v) is 7.63. The summed E-state index contributed by atoms with van der Waals surface area (Å²) in [4.78, 5) is 18.7. The van der Waals surface area contributed by atoms with Gasteiger partial charge in [-0.3, -0.25) is 4.90 Å². The first-order chi connectivity index (χ1) is 13.2. The second kappa shape index (κ2) is 7.39. The average molecular weight is 368 g/mol. The van der Waals surface area contributed by atoms with Gasteiger partial charge in [-0.2, -0.15) is 0 Å². The average Bonchev–Trinajstić information content (AvgIpc) is 3.09. The maximum Gasteiger partial charge on any atom is 0.337 e. The highest BCUT2D eigenvalue weighted by Crippen LogP contribution is 2.45. The molecule has 1 aromatic heterocycles. The SMILES string of the molecule is CC[C@H]1CN2CCc3c([nH]c4ccccc34)[C@H]2C[C@@H]1C(=COC)C(=O)OC. The summed E-state index contributed by atoms with van der Waals surface area (Å²) in [5.41, 5.74) is 4.63. The number of nitrogens with one attached hydrogen (secondary N) is 1. The number of H-pyrrole nitrogens is 1. The van der Waals surface area contributed by atoms with Gasteiger partial charge in [0.05, 0.1) is 32.1 Å². The van der Waals surface area contributed by atoms with Gasteiger partial charge >= 0.3 is 5.97 Å². The number of benzene rings is 1. The number of hydrogen-bond donors (Lipinski definition) is 1. The van der Waals surface area contributed by atoms with Crippen LogP contribution in [0.4, 0.5) is 0 Å². The van der Waals surface area contributed by atoms with Gasteiger partial charge in [0.15, 0.2) is 0 Å². The molecule has 0 bridgehead atoms. The van der Waals surface area contributed by atoms with Gasteiger partial charge in [0, 0.05) is 29.7 Å². The molecule has 5 heteroatoms. The minimum Gasteiger partial charge on any atom is -0.504 e. The van der Waals surface area contributed by atoms with Crippen LogP contribution in [0.1, 0.15) is 37.1 Å². The quantitative estimate of drug-likeness (QED) is 0.506. The molecule has 0 saturated carbocycles. The Morgan fingerprint density at radius 2 is 2.15 bits per heavy atom. The summed E-state index contributed by atoms with van der Waals surface area (Å²) in [5, 5.41) is 1.34. The van der Waals surface area contributed by atoms with E-state index in [0.29, 0.717) is 17.5 Å². The number of carbonyl (C=O) groups excluding carboxylic acids is 1. The first-order valence-electron chi connectivity index (χ1n) is 9.82. The number of esters is 1. The van der Waals surface area contributed by atoms with Crippen LogP contribution < -0.4 is 0 Å². The van der Waals surface area contributed by atoms with E-state index >= 15 is 0 Å². The minimum absolute atomic E-state index is 0.140. The smallest absolute Gasteiger partial charge is 0.337 e. The molecule has 0 unspecified atom stereocenters. The van der Waals surface area contributed by atoms with E-state index in [1.807, 2.05) is 0 Å². The standard InChI is InChI=1S/C22H28N2O3/c1-4-14-12-24-10-9-16-15-7-5-6-8-19(15)23-21(16)20(24)11-17(14)18(13-26-2)22(25)27-3/h5-8,13-14,17,20,23H,4,9-12H2,1-3H3/t14-,17-,20+/m0/s1. The number of nitrogens with zero attached hydrogens (tertiary/aromatic N) is 1. The van der Waals surface area contributed by atoms with E-state index in [0.717, 1.165) is 32.4 Å². The van der Waals surface area contributed by atoms with Crippen LogP contribution >= 0.6 is 0 Å². The lowest BCUT2D eigenvalue weighted by molar-refractivity contribution is -0.137. The summed E-state index contributed by atoms with van der Waals surface area (Å²) < 4.78 is 10.3. The van der Waals surface area contributed by atoms with E-state index in [2.05, 4.69) is 41.1 Å². The lowest BCUT2D eigenvalue weighted by Gasteiger charge is -2.46. The molecule has 0 radical (unpaired) electrons. The highest BCUT2D eigenvalue weighted by Gasteiger charge is 2.42. The number of para-hydroxylation sites is 1. The van der Waals surface area contributed by atoms with Gasteiger partial charge in [0.1, 0.15) is 0 Å². The molecule has 1 aromatic carbocycles. The Labute approximate surface area is 160 Å². The van der Waals surface area contributed by atoms with Crippen LogP contribution in [0, 0.1) is 11.8 Å². The maximum atomic E-state index is 12.4.